The Morgan fingerprint density at radius 3 is 2.35 bits per heavy atom. The quantitative estimate of drug-likeness (QED) is 0.349. The van der Waals surface area contributed by atoms with Crippen LogP contribution in [0.15, 0.2) is 41.4 Å². The number of carbonyl (C=O) groups is 2. The van der Waals surface area contributed by atoms with E-state index in [4.69, 9.17) is 9.47 Å². The maximum Gasteiger partial charge on any atom is 0.249 e. The van der Waals surface area contributed by atoms with E-state index in [-0.39, 0.29) is 23.7 Å². The molecule has 26 heavy (non-hydrogen) atoms. The summed E-state index contributed by atoms with van der Waals surface area (Å²) in [4.78, 5) is 24.7. The normalized spacial score (nSPS) is 12.2. The Balaban J connectivity index is 2.41. The van der Waals surface area contributed by atoms with E-state index >= 15 is 0 Å². The minimum absolute atomic E-state index is 0.197. The van der Waals surface area contributed by atoms with Crippen LogP contribution in [0.1, 0.15) is 34.1 Å². The summed E-state index contributed by atoms with van der Waals surface area (Å²) in [6.45, 7) is 7.86. The highest BCUT2D eigenvalue weighted by Crippen LogP contribution is 2.23. The smallest absolute Gasteiger partial charge is 0.249 e. The Morgan fingerprint density at radius 1 is 1.15 bits per heavy atom. The van der Waals surface area contributed by atoms with Crippen LogP contribution in [0.2, 0.25) is 0 Å². The molecule has 2 N–H and O–H groups in total. The van der Waals surface area contributed by atoms with Gasteiger partial charge in [-0.25, -0.2) is 0 Å². The zero-order valence-corrected chi connectivity index (χ0v) is 16.9. The van der Waals surface area contributed by atoms with E-state index in [1.54, 1.807) is 31.4 Å². The molecule has 0 aliphatic heterocycles. The van der Waals surface area contributed by atoms with Crippen LogP contribution in [0, 0.1) is 5.41 Å². The zero-order chi connectivity index (χ0) is 19.8. The fourth-order valence-corrected chi connectivity index (χ4v) is 2.05. The van der Waals surface area contributed by atoms with Gasteiger partial charge in [-0.05, 0) is 43.5 Å². The van der Waals surface area contributed by atoms with Crippen molar-refractivity contribution >= 4 is 30.1 Å². The molecular weight excluding hydrogens is 352 g/mol. The zero-order valence-electron chi connectivity index (χ0n) is 16.0. The lowest BCUT2D eigenvalue weighted by molar-refractivity contribution is -0.211. The van der Waals surface area contributed by atoms with Crippen LogP contribution >= 0.6 is 12.6 Å². The molecule has 0 spiro atoms. The molecule has 2 amide bonds. The summed E-state index contributed by atoms with van der Waals surface area (Å²) < 4.78 is 10.9. The number of methoxy groups -OCH3 is 1. The average Bonchev–Trinajstić information content (AvgIpc) is 2.55. The number of hydrogen-bond acceptors (Lipinski definition) is 5. The molecule has 0 aromatic heterocycles. The van der Waals surface area contributed by atoms with Gasteiger partial charge < -0.3 is 20.1 Å². The Kier molecular flexibility index (Phi) is 8.33. The van der Waals surface area contributed by atoms with Gasteiger partial charge in [0.15, 0.2) is 5.79 Å². The molecule has 0 aliphatic carbocycles. The lowest BCUT2D eigenvalue weighted by atomic mass is 9.90. The Labute approximate surface area is 160 Å². The van der Waals surface area contributed by atoms with E-state index in [1.165, 1.54) is 12.3 Å². The number of hydrogen-bond donors (Lipinski definition) is 3. The summed E-state index contributed by atoms with van der Waals surface area (Å²) in [5, 5.41) is 5.29. The van der Waals surface area contributed by atoms with Crippen molar-refractivity contribution in [2.45, 2.75) is 44.8 Å². The summed E-state index contributed by atoms with van der Waals surface area (Å²) in [5.41, 5.74) is 0.285. The highest BCUT2D eigenvalue weighted by atomic mass is 32.1. The van der Waals surface area contributed by atoms with Gasteiger partial charge in [0.05, 0.1) is 6.61 Å². The molecule has 0 atom stereocenters. The fourth-order valence-electron chi connectivity index (χ4n) is 1.90. The molecule has 0 saturated carbocycles. The maximum atomic E-state index is 12.0. The molecular formula is C19H28N2O4S. The van der Waals surface area contributed by atoms with E-state index in [0.717, 1.165) is 4.90 Å². The van der Waals surface area contributed by atoms with Crippen LogP contribution in [0.3, 0.4) is 0 Å². The summed E-state index contributed by atoms with van der Waals surface area (Å²) in [6, 6.07) is 7.05. The number of anilines is 1. The molecule has 0 heterocycles. The molecule has 0 saturated heterocycles. The molecule has 7 heteroatoms. The third-order valence-electron chi connectivity index (χ3n) is 3.56. The number of nitrogens with one attached hydrogen (secondary N) is 2. The van der Waals surface area contributed by atoms with Gasteiger partial charge in [0, 0.05) is 36.4 Å². The first-order valence-corrected chi connectivity index (χ1v) is 8.73. The van der Waals surface area contributed by atoms with E-state index < -0.39 is 5.79 Å². The van der Waals surface area contributed by atoms with Crippen molar-refractivity contribution in [3.8, 4) is 0 Å². The first kappa shape index (κ1) is 22.2. The summed E-state index contributed by atoms with van der Waals surface area (Å²) >= 11 is 4.18. The molecule has 1 aromatic rings. The molecule has 0 fully saturated rings. The van der Waals surface area contributed by atoms with E-state index in [9.17, 15) is 9.59 Å². The van der Waals surface area contributed by atoms with Crippen LogP contribution in [-0.4, -0.2) is 31.3 Å². The predicted molar refractivity (Wildman–Crippen MR) is 105 cm³/mol. The summed E-state index contributed by atoms with van der Waals surface area (Å²) in [7, 11) is 1.57. The van der Waals surface area contributed by atoms with Crippen molar-refractivity contribution in [2.24, 2.45) is 5.41 Å². The van der Waals surface area contributed by atoms with Crippen LogP contribution in [0.4, 0.5) is 5.69 Å². The van der Waals surface area contributed by atoms with E-state index in [0.29, 0.717) is 12.3 Å². The van der Waals surface area contributed by atoms with Gasteiger partial charge in [0.25, 0.3) is 0 Å². The lowest BCUT2D eigenvalue weighted by Crippen LogP contribution is -2.35. The molecule has 1 rings (SSSR count). The van der Waals surface area contributed by atoms with Gasteiger partial charge in [0.1, 0.15) is 0 Å². The topological polar surface area (TPSA) is 76.7 Å². The Bertz CT molecular complexity index is 639. The fraction of sp³-hybridized carbons (Fsp3) is 0.474. The van der Waals surface area contributed by atoms with Crippen LogP contribution < -0.4 is 10.6 Å². The van der Waals surface area contributed by atoms with Crippen molar-refractivity contribution in [2.75, 3.05) is 19.0 Å². The Hall–Kier alpha value is -1.83. The van der Waals surface area contributed by atoms with E-state index in [2.05, 4.69) is 23.3 Å². The van der Waals surface area contributed by atoms with Gasteiger partial charge in [-0.1, -0.05) is 13.8 Å². The number of rotatable bonds is 9. The first-order chi connectivity index (χ1) is 12.0. The number of benzene rings is 1. The number of ether oxygens (including phenoxy) is 2. The van der Waals surface area contributed by atoms with Gasteiger partial charge in [-0.3, -0.25) is 9.59 Å². The molecule has 0 radical (unpaired) electrons. The van der Waals surface area contributed by atoms with Crippen molar-refractivity contribution in [3.05, 3.63) is 36.5 Å². The van der Waals surface area contributed by atoms with Gasteiger partial charge in [-0.15, -0.1) is 12.6 Å². The van der Waals surface area contributed by atoms with Gasteiger partial charge in [-0.2, -0.15) is 0 Å². The third kappa shape index (κ3) is 9.03. The second-order valence-electron chi connectivity index (χ2n) is 7.17. The highest BCUT2D eigenvalue weighted by Gasteiger charge is 2.26. The van der Waals surface area contributed by atoms with E-state index in [1.807, 2.05) is 27.7 Å². The minimum Gasteiger partial charge on any atom is -0.354 e. The number of amides is 2. The van der Waals surface area contributed by atoms with Crippen molar-refractivity contribution in [1.82, 2.24) is 5.32 Å². The minimum atomic E-state index is -0.698. The summed E-state index contributed by atoms with van der Waals surface area (Å²) in [6.07, 6.45) is 2.85. The number of carbonyl (C=O) groups excluding carboxylic acids is 2. The highest BCUT2D eigenvalue weighted by molar-refractivity contribution is 7.80. The van der Waals surface area contributed by atoms with Gasteiger partial charge >= 0.3 is 0 Å². The molecule has 0 bridgehead atoms. The molecule has 0 unspecified atom stereocenters. The molecule has 1 aromatic carbocycles. The Morgan fingerprint density at radius 2 is 1.77 bits per heavy atom. The molecule has 6 nitrogen and oxygen atoms in total. The van der Waals surface area contributed by atoms with Crippen molar-refractivity contribution < 1.29 is 19.1 Å². The standard InChI is InChI=1S/C19H28N2O4S/c1-18(2,13-25-19(3,4)24-5)12-17(23)20-11-10-16(22)21-14-6-8-15(26)9-7-14/h6-11,26H,12-13H2,1-5H3,(H,20,23)(H,21,22)/b11-10+. The SMILES string of the molecule is COC(C)(C)OCC(C)(C)CC(=O)N/C=C/C(=O)Nc1ccc(S)cc1. The largest absolute Gasteiger partial charge is 0.354 e. The van der Waals surface area contributed by atoms with Crippen LogP contribution in [0.25, 0.3) is 0 Å². The van der Waals surface area contributed by atoms with Gasteiger partial charge in [0.2, 0.25) is 11.8 Å². The second kappa shape index (κ2) is 9.75. The first-order valence-electron chi connectivity index (χ1n) is 8.28. The second-order valence-corrected chi connectivity index (χ2v) is 7.69. The maximum absolute atomic E-state index is 12.0. The molecule has 144 valence electrons. The lowest BCUT2D eigenvalue weighted by Gasteiger charge is -2.30. The van der Waals surface area contributed by atoms with Crippen LogP contribution in [-0.2, 0) is 19.1 Å². The summed E-state index contributed by atoms with van der Waals surface area (Å²) in [5.74, 6) is -1.23. The monoisotopic (exact) mass is 380 g/mol. The van der Waals surface area contributed by atoms with Crippen LogP contribution in [0.5, 0.6) is 0 Å². The third-order valence-corrected chi connectivity index (χ3v) is 3.85. The average molecular weight is 381 g/mol. The van der Waals surface area contributed by atoms with Crippen molar-refractivity contribution in [1.29, 1.82) is 0 Å². The predicted octanol–water partition coefficient (Wildman–Crippen LogP) is 3.36. The van der Waals surface area contributed by atoms with Crippen molar-refractivity contribution in [3.63, 3.8) is 0 Å². The number of thiol groups is 1. The molecule has 0 aliphatic rings.